The van der Waals surface area contributed by atoms with Gasteiger partial charge in [0.2, 0.25) is 0 Å². The molecule has 0 heterocycles. The predicted molar refractivity (Wildman–Crippen MR) is 58.2 cm³/mol. The van der Waals surface area contributed by atoms with Crippen LogP contribution in [0.3, 0.4) is 0 Å². The van der Waals surface area contributed by atoms with Crippen LogP contribution in [0.1, 0.15) is 13.3 Å². The van der Waals surface area contributed by atoms with Crippen LogP contribution in [0.5, 0.6) is 0 Å². The maximum Gasteiger partial charge on any atom is 0.274 e. The summed E-state index contributed by atoms with van der Waals surface area (Å²) in [5, 5.41) is 10.4. The van der Waals surface area contributed by atoms with Gasteiger partial charge in [0.05, 0.1) is 7.11 Å². The fraction of sp³-hybridized carbons (Fsp3) is 0.625. The largest absolute Gasteiger partial charge is 0.383 e. The summed E-state index contributed by atoms with van der Waals surface area (Å²) < 4.78 is 1.05. The van der Waals surface area contributed by atoms with E-state index in [0.29, 0.717) is 6.42 Å². The molecule has 0 aromatic carbocycles. The summed E-state index contributed by atoms with van der Waals surface area (Å²) in [6.07, 6.45) is 1.10. The molecule has 76 valence electrons. The smallest absolute Gasteiger partial charge is 0.274 e. The van der Waals surface area contributed by atoms with Crippen molar-refractivity contribution in [1.29, 1.82) is 0 Å². The molecule has 13 heavy (non-hydrogen) atoms. The maximum absolute atomic E-state index is 11.2. The minimum Gasteiger partial charge on any atom is -0.383 e. The number of aliphatic hydroxyl groups is 1. The molecular formula is C8H14INO3. The van der Waals surface area contributed by atoms with Crippen LogP contribution in [0.15, 0.2) is 9.66 Å². The summed E-state index contributed by atoms with van der Waals surface area (Å²) in [5.74, 6) is -0.434. The van der Waals surface area contributed by atoms with Crippen molar-refractivity contribution >= 4 is 28.5 Å². The summed E-state index contributed by atoms with van der Waals surface area (Å²) in [6, 6.07) is 0. The van der Waals surface area contributed by atoms with Crippen molar-refractivity contribution in [2.45, 2.75) is 19.4 Å². The van der Waals surface area contributed by atoms with Crippen molar-refractivity contribution in [3.05, 3.63) is 9.66 Å². The molecule has 0 aliphatic rings. The minimum absolute atomic E-state index is 0.321. The Balaban J connectivity index is 4.04. The average Bonchev–Trinajstić information content (AvgIpc) is 2.11. The van der Waals surface area contributed by atoms with Gasteiger partial charge in [-0.2, -0.15) is 0 Å². The molecule has 0 rings (SSSR count). The van der Waals surface area contributed by atoms with E-state index in [1.54, 1.807) is 6.08 Å². The lowest BCUT2D eigenvalue weighted by Gasteiger charge is -2.16. The highest BCUT2D eigenvalue weighted by Gasteiger charge is 2.17. The molecule has 5 heteroatoms. The lowest BCUT2D eigenvalue weighted by atomic mass is 10.2. The van der Waals surface area contributed by atoms with Crippen molar-refractivity contribution in [2.24, 2.45) is 0 Å². The van der Waals surface area contributed by atoms with Gasteiger partial charge in [0, 0.05) is 13.5 Å². The monoisotopic (exact) mass is 299 g/mol. The minimum atomic E-state index is -1.02. The molecule has 1 unspecified atom stereocenters. The molecule has 0 fully saturated rings. The number of amides is 1. The van der Waals surface area contributed by atoms with Crippen LogP contribution >= 0.6 is 22.6 Å². The predicted octanol–water partition coefficient (Wildman–Crippen LogP) is 1.10. The van der Waals surface area contributed by atoms with Gasteiger partial charge >= 0.3 is 0 Å². The molecule has 1 N–H and O–H groups in total. The van der Waals surface area contributed by atoms with Gasteiger partial charge in [-0.3, -0.25) is 9.63 Å². The van der Waals surface area contributed by atoms with Crippen molar-refractivity contribution in [3.63, 3.8) is 0 Å². The van der Waals surface area contributed by atoms with Crippen LogP contribution in [0.4, 0.5) is 0 Å². The lowest BCUT2D eigenvalue weighted by Crippen LogP contribution is -2.35. The van der Waals surface area contributed by atoms with Crippen molar-refractivity contribution < 1.29 is 14.7 Å². The van der Waals surface area contributed by atoms with Gasteiger partial charge in [0.1, 0.15) is 6.10 Å². The van der Waals surface area contributed by atoms with E-state index in [4.69, 9.17) is 0 Å². The van der Waals surface area contributed by atoms with Crippen LogP contribution in [0.2, 0.25) is 0 Å². The fourth-order valence-electron chi connectivity index (χ4n) is 0.675. The topological polar surface area (TPSA) is 49.8 Å². The van der Waals surface area contributed by atoms with Gasteiger partial charge in [0.15, 0.2) is 0 Å². The van der Waals surface area contributed by atoms with E-state index in [1.165, 1.54) is 14.2 Å². The number of hydroxylamine groups is 2. The zero-order chi connectivity index (χ0) is 10.4. The molecule has 0 saturated carbocycles. The molecule has 1 atom stereocenters. The first-order valence-electron chi connectivity index (χ1n) is 3.81. The number of hydrogen-bond acceptors (Lipinski definition) is 3. The van der Waals surface area contributed by atoms with Gasteiger partial charge in [-0.25, -0.2) is 5.06 Å². The van der Waals surface area contributed by atoms with E-state index in [0.717, 1.165) is 8.64 Å². The van der Waals surface area contributed by atoms with E-state index in [2.05, 4.69) is 27.4 Å². The van der Waals surface area contributed by atoms with Gasteiger partial charge in [0.25, 0.3) is 5.91 Å². The van der Waals surface area contributed by atoms with Gasteiger partial charge in [-0.15, -0.1) is 0 Å². The molecule has 0 aromatic rings. The average molecular weight is 299 g/mol. The Morgan fingerprint density at radius 3 is 2.69 bits per heavy atom. The van der Waals surface area contributed by atoms with Gasteiger partial charge < -0.3 is 5.11 Å². The number of hydrogen-bond donors (Lipinski definition) is 1. The van der Waals surface area contributed by atoms with Crippen LogP contribution in [-0.4, -0.2) is 36.3 Å². The fourth-order valence-corrected chi connectivity index (χ4v) is 0.929. The molecule has 0 aromatic heterocycles. The molecule has 0 aliphatic heterocycles. The van der Waals surface area contributed by atoms with Gasteiger partial charge in [-0.1, -0.05) is 6.08 Å². The van der Waals surface area contributed by atoms with Crippen LogP contribution < -0.4 is 0 Å². The molecule has 0 saturated heterocycles. The van der Waals surface area contributed by atoms with Crippen LogP contribution in [0.25, 0.3) is 0 Å². The number of likely N-dealkylation sites (N-methyl/N-ethyl adjacent to an activating group) is 1. The first kappa shape index (κ1) is 12.9. The first-order valence-corrected chi connectivity index (χ1v) is 4.89. The van der Waals surface area contributed by atoms with E-state index < -0.39 is 12.0 Å². The Bertz CT molecular complexity index is 202. The zero-order valence-corrected chi connectivity index (χ0v) is 10.1. The molecule has 1 amide bonds. The van der Waals surface area contributed by atoms with Crippen LogP contribution in [-0.2, 0) is 9.63 Å². The second-order valence-corrected chi connectivity index (χ2v) is 4.26. The molecule has 0 radical (unpaired) electrons. The lowest BCUT2D eigenvalue weighted by molar-refractivity contribution is -0.177. The Morgan fingerprint density at radius 1 is 1.77 bits per heavy atom. The standard InChI is InChI=1S/C8H14INO3/c1-6(9)4-5-7(11)8(12)10(2)13-3/h4,7,11H,5H2,1-3H3/b6-4-. The molecule has 0 spiro atoms. The van der Waals surface area contributed by atoms with Gasteiger partial charge in [-0.05, 0) is 33.1 Å². The highest BCUT2D eigenvalue weighted by molar-refractivity contribution is 14.1. The summed E-state index contributed by atoms with van der Waals surface area (Å²) in [7, 11) is 2.84. The number of aliphatic hydroxyl groups excluding tert-OH is 1. The number of rotatable bonds is 4. The summed E-state index contributed by atoms with van der Waals surface area (Å²) in [6.45, 7) is 1.90. The SMILES string of the molecule is CON(C)C(=O)C(O)C/C=C(/C)I. The number of nitrogens with zero attached hydrogens (tertiary/aromatic N) is 1. The van der Waals surface area contributed by atoms with E-state index in [9.17, 15) is 9.90 Å². The Labute approximate surface area is 91.6 Å². The molecule has 4 nitrogen and oxygen atoms in total. The van der Waals surface area contributed by atoms with E-state index in [1.807, 2.05) is 6.92 Å². The maximum atomic E-state index is 11.2. The Morgan fingerprint density at radius 2 is 2.31 bits per heavy atom. The third kappa shape index (κ3) is 5.22. The zero-order valence-electron chi connectivity index (χ0n) is 7.95. The number of carbonyl (C=O) groups excluding carboxylic acids is 1. The van der Waals surface area contributed by atoms with E-state index in [-0.39, 0.29) is 0 Å². The molecular weight excluding hydrogens is 285 g/mol. The Kier molecular flexibility index (Phi) is 6.27. The summed E-state index contributed by atoms with van der Waals surface area (Å²) in [5.41, 5.74) is 0. The highest BCUT2D eigenvalue weighted by Crippen LogP contribution is 2.07. The van der Waals surface area contributed by atoms with Crippen molar-refractivity contribution in [3.8, 4) is 0 Å². The molecule has 0 aliphatic carbocycles. The third-order valence-corrected chi connectivity index (χ3v) is 1.93. The van der Waals surface area contributed by atoms with Crippen molar-refractivity contribution in [2.75, 3.05) is 14.2 Å². The molecule has 0 bridgehead atoms. The second-order valence-electron chi connectivity index (χ2n) is 2.56. The highest BCUT2D eigenvalue weighted by atomic mass is 127. The number of allylic oxidation sites excluding steroid dienone is 1. The second kappa shape index (κ2) is 6.33. The van der Waals surface area contributed by atoms with E-state index >= 15 is 0 Å². The summed E-state index contributed by atoms with van der Waals surface area (Å²) >= 11 is 2.12. The number of halogens is 1. The third-order valence-electron chi connectivity index (χ3n) is 1.49. The quantitative estimate of drug-likeness (QED) is 0.624. The van der Waals surface area contributed by atoms with Crippen LogP contribution in [0, 0.1) is 0 Å². The van der Waals surface area contributed by atoms with Crippen molar-refractivity contribution in [1.82, 2.24) is 5.06 Å². The first-order chi connectivity index (χ1) is 5.99. The summed E-state index contributed by atoms with van der Waals surface area (Å²) in [4.78, 5) is 15.8. The normalized spacial score (nSPS) is 14.1. The number of carbonyl (C=O) groups is 1. The Hall–Kier alpha value is -0.140.